The summed E-state index contributed by atoms with van der Waals surface area (Å²) in [6.45, 7) is 4.17. The van der Waals surface area contributed by atoms with Gasteiger partial charge in [-0.25, -0.2) is 4.98 Å². The highest BCUT2D eigenvalue weighted by atomic mass is 32.1. The van der Waals surface area contributed by atoms with Crippen LogP contribution in [0.25, 0.3) is 27.6 Å². The largest absolute Gasteiger partial charge is 0.360 e. The van der Waals surface area contributed by atoms with E-state index in [-0.39, 0.29) is 0 Å². The third-order valence-electron chi connectivity index (χ3n) is 4.67. The molecule has 0 amide bonds. The minimum absolute atomic E-state index is 0.522. The summed E-state index contributed by atoms with van der Waals surface area (Å²) < 4.78 is 0. The predicted molar refractivity (Wildman–Crippen MR) is 118 cm³/mol. The maximum absolute atomic E-state index is 9.65. The third-order valence-corrected chi connectivity index (χ3v) is 5.55. The van der Waals surface area contributed by atoms with Crippen LogP contribution in [0.3, 0.4) is 0 Å². The van der Waals surface area contributed by atoms with Crippen LogP contribution >= 0.6 is 11.3 Å². The van der Waals surface area contributed by atoms with E-state index in [0.29, 0.717) is 10.6 Å². The number of rotatable bonds is 4. The molecule has 4 heteroatoms. The Kier molecular flexibility index (Phi) is 4.92. The van der Waals surface area contributed by atoms with Gasteiger partial charge in [0.15, 0.2) is 0 Å². The molecule has 0 fully saturated rings. The minimum Gasteiger partial charge on any atom is -0.360 e. The zero-order chi connectivity index (χ0) is 19.5. The van der Waals surface area contributed by atoms with Crippen molar-refractivity contribution in [1.82, 2.24) is 4.98 Å². The third kappa shape index (κ3) is 3.53. The Morgan fingerprint density at radius 2 is 1.89 bits per heavy atom. The fourth-order valence-corrected chi connectivity index (χ4v) is 4.05. The van der Waals surface area contributed by atoms with Crippen LogP contribution in [0.5, 0.6) is 0 Å². The van der Waals surface area contributed by atoms with Crippen LogP contribution < -0.4 is 5.32 Å². The van der Waals surface area contributed by atoms with Crippen LogP contribution in [0, 0.1) is 25.2 Å². The van der Waals surface area contributed by atoms with Gasteiger partial charge in [-0.1, -0.05) is 60.2 Å². The summed E-state index contributed by atoms with van der Waals surface area (Å²) in [6, 6.07) is 22.9. The second-order valence-corrected chi connectivity index (χ2v) is 7.56. The van der Waals surface area contributed by atoms with Crippen molar-refractivity contribution in [2.45, 2.75) is 13.8 Å². The van der Waals surface area contributed by atoms with Crippen LogP contribution in [0.2, 0.25) is 0 Å². The number of allylic oxidation sites excluding steroid dienone is 1. The van der Waals surface area contributed by atoms with Gasteiger partial charge in [-0.05, 0) is 30.9 Å². The fourth-order valence-electron chi connectivity index (χ4n) is 3.27. The first-order valence-electron chi connectivity index (χ1n) is 9.04. The molecule has 0 saturated heterocycles. The highest BCUT2D eigenvalue weighted by molar-refractivity contribution is 7.11. The van der Waals surface area contributed by atoms with Crippen LogP contribution in [0.15, 0.2) is 72.2 Å². The van der Waals surface area contributed by atoms with Gasteiger partial charge in [-0.3, -0.25) is 0 Å². The van der Waals surface area contributed by atoms with Gasteiger partial charge < -0.3 is 5.32 Å². The monoisotopic (exact) mass is 381 g/mol. The number of aryl methyl sites for hydroxylation is 2. The van der Waals surface area contributed by atoms with E-state index in [1.54, 1.807) is 6.20 Å². The van der Waals surface area contributed by atoms with Crippen LogP contribution in [0.1, 0.15) is 16.1 Å². The summed E-state index contributed by atoms with van der Waals surface area (Å²) in [5.74, 6) is 0. The number of aromatic nitrogens is 1. The highest BCUT2D eigenvalue weighted by Crippen LogP contribution is 2.29. The molecule has 1 N–H and O–H groups in total. The molecule has 0 atom stereocenters. The van der Waals surface area contributed by atoms with Crippen LogP contribution in [-0.4, -0.2) is 4.98 Å². The maximum Gasteiger partial charge on any atom is 0.136 e. The van der Waals surface area contributed by atoms with Crippen molar-refractivity contribution in [2.24, 2.45) is 0 Å². The molecule has 1 heterocycles. The second-order valence-electron chi connectivity index (χ2n) is 6.70. The van der Waals surface area contributed by atoms with Crippen molar-refractivity contribution in [3.05, 3.63) is 88.4 Å². The van der Waals surface area contributed by atoms with Gasteiger partial charge in [-0.2, -0.15) is 5.26 Å². The lowest BCUT2D eigenvalue weighted by atomic mass is 10.0. The molecule has 0 saturated carbocycles. The van der Waals surface area contributed by atoms with E-state index < -0.39 is 0 Å². The van der Waals surface area contributed by atoms with E-state index in [4.69, 9.17) is 4.98 Å². The number of hydrogen-bond acceptors (Lipinski definition) is 4. The first-order valence-corrected chi connectivity index (χ1v) is 9.92. The molecule has 0 aliphatic carbocycles. The molecule has 28 heavy (non-hydrogen) atoms. The van der Waals surface area contributed by atoms with Gasteiger partial charge in [0.05, 0.1) is 5.69 Å². The standard InChI is InChI=1S/C24H19N3S/c1-16-10-11-20(17(2)12-16)23-15-28-24(27-23)19(13-25)14-26-22-9-5-7-18-6-3-4-8-21(18)22/h3-12,14-15,26H,1-2H3. The summed E-state index contributed by atoms with van der Waals surface area (Å²) in [5.41, 5.74) is 5.92. The topological polar surface area (TPSA) is 48.7 Å². The molecule has 0 radical (unpaired) electrons. The summed E-state index contributed by atoms with van der Waals surface area (Å²) in [4.78, 5) is 4.70. The number of thiazole rings is 1. The summed E-state index contributed by atoms with van der Waals surface area (Å²) in [6.07, 6.45) is 1.74. The molecule has 0 bridgehead atoms. The molecule has 3 nitrogen and oxygen atoms in total. The van der Waals surface area contributed by atoms with Gasteiger partial charge in [0, 0.05) is 28.2 Å². The molecule has 0 aliphatic rings. The molecular formula is C24H19N3S. The number of fused-ring (bicyclic) bond motifs is 1. The molecular weight excluding hydrogens is 362 g/mol. The molecule has 4 rings (SSSR count). The Morgan fingerprint density at radius 1 is 1.07 bits per heavy atom. The van der Waals surface area contributed by atoms with E-state index in [2.05, 4.69) is 61.6 Å². The average molecular weight is 382 g/mol. The smallest absolute Gasteiger partial charge is 0.136 e. The maximum atomic E-state index is 9.65. The zero-order valence-electron chi connectivity index (χ0n) is 15.7. The number of nitrogens with one attached hydrogen (secondary N) is 1. The van der Waals surface area contributed by atoms with Crippen molar-refractivity contribution in [2.75, 3.05) is 5.32 Å². The van der Waals surface area contributed by atoms with Gasteiger partial charge in [0.25, 0.3) is 0 Å². The van der Waals surface area contributed by atoms with Crippen molar-refractivity contribution in [3.63, 3.8) is 0 Å². The average Bonchev–Trinajstić information content (AvgIpc) is 3.18. The molecule has 136 valence electrons. The fraction of sp³-hybridized carbons (Fsp3) is 0.0833. The lowest BCUT2D eigenvalue weighted by Crippen LogP contribution is -1.92. The lowest BCUT2D eigenvalue weighted by Gasteiger charge is -2.06. The number of nitrogens with zero attached hydrogens (tertiary/aromatic N) is 2. The Balaban J connectivity index is 1.64. The van der Waals surface area contributed by atoms with E-state index in [1.165, 1.54) is 22.5 Å². The SMILES string of the molecule is Cc1ccc(-c2csc(C(C#N)=CNc3cccc4ccccc34)n2)c(C)c1. The molecule has 4 aromatic rings. The van der Waals surface area contributed by atoms with Gasteiger partial charge in [0.2, 0.25) is 0 Å². The Labute approximate surface area is 168 Å². The van der Waals surface area contributed by atoms with Gasteiger partial charge in [0.1, 0.15) is 16.6 Å². The van der Waals surface area contributed by atoms with E-state index in [9.17, 15) is 5.26 Å². The Morgan fingerprint density at radius 3 is 2.71 bits per heavy atom. The van der Waals surface area contributed by atoms with Crippen LogP contribution in [-0.2, 0) is 0 Å². The van der Waals surface area contributed by atoms with Crippen molar-refractivity contribution >= 4 is 33.4 Å². The quantitative estimate of drug-likeness (QED) is 0.407. The lowest BCUT2D eigenvalue weighted by molar-refractivity contribution is 1.32. The zero-order valence-corrected chi connectivity index (χ0v) is 16.5. The van der Waals surface area contributed by atoms with Crippen LogP contribution in [0.4, 0.5) is 5.69 Å². The van der Waals surface area contributed by atoms with E-state index in [1.807, 2.05) is 29.6 Å². The van der Waals surface area contributed by atoms with E-state index >= 15 is 0 Å². The van der Waals surface area contributed by atoms with E-state index in [0.717, 1.165) is 27.7 Å². The first kappa shape index (κ1) is 18.0. The van der Waals surface area contributed by atoms with Crippen molar-refractivity contribution < 1.29 is 0 Å². The normalized spacial score (nSPS) is 11.4. The van der Waals surface area contributed by atoms with Crippen molar-refractivity contribution in [1.29, 1.82) is 5.26 Å². The first-order chi connectivity index (χ1) is 13.7. The summed E-state index contributed by atoms with van der Waals surface area (Å²) in [5, 5.41) is 17.9. The number of hydrogen-bond donors (Lipinski definition) is 1. The van der Waals surface area contributed by atoms with Crippen molar-refractivity contribution in [3.8, 4) is 17.3 Å². The minimum atomic E-state index is 0.522. The number of anilines is 1. The van der Waals surface area contributed by atoms with Gasteiger partial charge in [-0.15, -0.1) is 11.3 Å². The molecule has 0 unspecified atom stereocenters. The molecule has 0 aliphatic heterocycles. The molecule has 1 aromatic heterocycles. The molecule has 3 aromatic carbocycles. The predicted octanol–water partition coefficient (Wildman–Crippen LogP) is 6.56. The summed E-state index contributed by atoms with van der Waals surface area (Å²) >= 11 is 1.49. The van der Waals surface area contributed by atoms with Gasteiger partial charge >= 0.3 is 0 Å². The highest BCUT2D eigenvalue weighted by Gasteiger charge is 2.11. The Bertz CT molecular complexity index is 1220. The number of nitriles is 1. The Hall–Kier alpha value is -3.42. The summed E-state index contributed by atoms with van der Waals surface area (Å²) in [7, 11) is 0. The second kappa shape index (κ2) is 7.67. The molecule has 0 spiro atoms. The number of benzene rings is 3.